The summed E-state index contributed by atoms with van der Waals surface area (Å²) in [7, 11) is 0. The molecule has 0 spiro atoms. The van der Waals surface area contributed by atoms with Gasteiger partial charge in [-0.1, -0.05) is 25.4 Å². The molecular weight excluding hydrogens is 227 g/mol. The summed E-state index contributed by atoms with van der Waals surface area (Å²) in [5.74, 6) is -0.233. The van der Waals surface area contributed by atoms with Crippen molar-refractivity contribution in [2.24, 2.45) is 5.41 Å². The van der Waals surface area contributed by atoms with Gasteiger partial charge in [0.15, 0.2) is 0 Å². The molecule has 90 valence electrons. The minimum atomic E-state index is -0.378. The molecule has 0 radical (unpaired) electrons. The summed E-state index contributed by atoms with van der Waals surface area (Å²) in [4.78, 5) is 0. The van der Waals surface area contributed by atoms with E-state index in [1.54, 1.807) is 19.1 Å². The molecule has 16 heavy (non-hydrogen) atoms. The molecule has 1 aromatic rings. The molecule has 0 fully saturated rings. The van der Waals surface area contributed by atoms with Crippen LogP contribution in [0.2, 0.25) is 5.02 Å². The molecule has 0 aliphatic rings. The first kappa shape index (κ1) is 13.5. The van der Waals surface area contributed by atoms with Crippen LogP contribution in [-0.2, 0) is 6.42 Å². The van der Waals surface area contributed by atoms with E-state index in [1.807, 2.05) is 13.8 Å². The molecule has 0 saturated carbocycles. The molecule has 1 nitrogen and oxygen atoms in total. The normalized spacial score (nSPS) is 13.9. The fraction of sp³-hybridized carbons (Fsp3) is 0.538. The summed E-state index contributed by atoms with van der Waals surface area (Å²) in [6, 6.07) is 4.58. The van der Waals surface area contributed by atoms with E-state index in [0.29, 0.717) is 23.4 Å². The first-order valence-electron chi connectivity index (χ1n) is 5.42. The highest BCUT2D eigenvalue weighted by Gasteiger charge is 2.22. The first-order valence-corrected chi connectivity index (χ1v) is 5.80. The summed E-state index contributed by atoms with van der Waals surface area (Å²) >= 11 is 5.84. The van der Waals surface area contributed by atoms with Gasteiger partial charge in [0, 0.05) is 5.02 Å². The molecule has 0 heterocycles. The van der Waals surface area contributed by atoms with Crippen molar-refractivity contribution >= 4 is 11.6 Å². The zero-order valence-electron chi connectivity index (χ0n) is 9.93. The van der Waals surface area contributed by atoms with E-state index < -0.39 is 0 Å². The Morgan fingerprint density at radius 1 is 1.44 bits per heavy atom. The van der Waals surface area contributed by atoms with E-state index in [2.05, 4.69) is 0 Å². The summed E-state index contributed by atoms with van der Waals surface area (Å²) in [5.41, 5.74) is 0.470. The third-order valence-corrected chi connectivity index (χ3v) is 2.76. The van der Waals surface area contributed by atoms with E-state index in [0.717, 1.165) is 0 Å². The lowest BCUT2D eigenvalue weighted by atomic mass is 9.81. The molecule has 1 N–H and O–H groups in total. The third kappa shape index (κ3) is 4.11. The number of hydrogen-bond acceptors (Lipinski definition) is 1. The zero-order chi connectivity index (χ0) is 12.3. The van der Waals surface area contributed by atoms with Crippen LogP contribution in [0, 0.1) is 11.2 Å². The monoisotopic (exact) mass is 244 g/mol. The molecule has 0 aliphatic carbocycles. The molecule has 0 bridgehead atoms. The van der Waals surface area contributed by atoms with Crippen LogP contribution in [0.15, 0.2) is 18.2 Å². The average Bonchev–Trinajstić information content (AvgIpc) is 2.08. The van der Waals surface area contributed by atoms with Crippen LogP contribution in [0.1, 0.15) is 32.8 Å². The Morgan fingerprint density at radius 3 is 2.62 bits per heavy atom. The fourth-order valence-corrected chi connectivity index (χ4v) is 2.26. The van der Waals surface area contributed by atoms with Gasteiger partial charge in [-0.15, -0.1) is 0 Å². The molecule has 0 aromatic heterocycles. The van der Waals surface area contributed by atoms with Gasteiger partial charge in [-0.25, -0.2) is 4.39 Å². The van der Waals surface area contributed by atoms with Crippen molar-refractivity contribution in [3.05, 3.63) is 34.6 Å². The summed E-state index contributed by atoms with van der Waals surface area (Å²) in [6.07, 6.45) is 0.834. The number of rotatable bonds is 4. The van der Waals surface area contributed by atoms with Crippen LogP contribution in [0.4, 0.5) is 4.39 Å². The van der Waals surface area contributed by atoms with Crippen molar-refractivity contribution in [3.8, 4) is 0 Å². The van der Waals surface area contributed by atoms with Crippen LogP contribution in [-0.4, -0.2) is 11.2 Å². The second kappa shape index (κ2) is 5.15. The molecule has 1 unspecified atom stereocenters. The smallest absolute Gasteiger partial charge is 0.126 e. The van der Waals surface area contributed by atoms with Crippen LogP contribution >= 0.6 is 11.6 Å². The highest BCUT2D eigenvalue weighted by Crippen LogP contribution is 2.29. The Labute approximate surface area is 101 Å². The lowest BCUT2D eigenvalue weighted by molar-refractivity contribution is 0.129. The van der Waals surface area contributed by atoms with E-state index >= 15 is 0 Å². The Kier molecular flexibility index (Phi) is 4.34. The summed E-state index contributed by atoms with van der Waals surface area (Å²) in [6.45, 7) is 5.77. The van der Waals surface area contributed by atoms with Gasteiger partial charge in [-0.2, -0.15) is 0 Å². The van der Waals surface area contributed by atoms with Gasteiger partial charge in [0.2, 0.25) is 0 Å². The van der Waals surface area contributed by atoms with E-state index in [-0.39, 0.29) is 17.3 Å². The molecule has 0 saturated heterocycles. The maximum absolute atomic E-state index is 13.5. The van der Waals surface area contributed by atoms with Gasteiger partial charge in [-0.3, -0.25) is 0 Å². The quantitative estimate of drug-likeness (QED) is 0.854. The van der Waals surface area contributed by atoms with Gasteiger partial charge in [0.1, 0.15) is 5.82 Å². The number of hydrogen-bond donors (Lipinski definition) is 1. The van der Waals surface area contributed by atoms with Crippen LogP contribution < -0.4 is 0 Å². The predicted molar refractivity (Wildman–Crippen MR) is 65.2 cm³/mol. The molecule has 0 aliphatic heterocycles. The average molecular weight is 245 g/mol. The van der Waals surface area contributed by atoms with Gasteiger partial charge in [0.05, 0.1) is 6.10 Å². The minimum absolute atomic E-state index is 0.139. The minimum Gasteiger partial charge on any atom is -0.393 e. The zero-order valence-corrected chi connectivity index (χ0v) is 10.7. The van der Waals surface area contributed by atoms with Crippen LogP contribution in [0.5, 0.6) is 0 Å². The first-order chi connectivity index (χ1) is 7.30. The lowest BCUT2D eigenvalue weighted by Crippen LogP contribution is -2.21. The number of halogens is 2. The largest absolute Gasteiger partial charge is 0.393 e. The van der Waals surface area contributed by atoms with Gasteiger partial charge in [0.25, 0.3) is 0 Å². The van der Waals surface area contributed by atoms with Crippen molar-refractivity contribution in [2.75, 3.05) is 0 Å². The standard InChI is InChI=1S/C13H18ClFO/c1-9(16)7-13(2,3)8-10-6-11(14)4-5-12(10)15/h4-6,9,16H,7-8H2,1-3H3. The molecule has 3 heteroatoms. The van der Waals surface area contributed by atoms with Crippen molar-refractivity contribution in [1.82, 2.24) is 0 Å². The SMILES string of the molecule is CC(O)CC(C)(C)Cc1cc(Cl)ccc1F. The molecule has 1 aromatic carbocycles. The highest BCUT2D eigenvalue weighted by molar-refractivity contribution is 6.30. The van der Waals surface area contributed by atoms with E-state index in [4.69, 9.17) is 11.6 Å². The van der Waals surface area contributed by atoms with Crippen molar-refractivity contribution in [2.45, 2.75) is 39.7 Å². The van der Waals surface area contributed by atoms with Gasteiger partial charge < -0.3 is 5.11 Å². The second-order valence-corrected chi connectivity index (χ2v) is 5.57. The van der Waals surface area contributed by atoms with Gasteiger partial charge >= 0.3 is 0 Å². The van der Waals surface area contributed by atoms with Crippen molar-refractivity contribution < 1.29 is 9.50 Å². The highest BCUT2D eigenvalue weighted by atomic mass is 35.5. The molecule has 1 rings (SSSR count). The maximum Gasteiger partial charge on any atom is 0.126 e. The Bertz CT molecular complexity index is 361. The van der Waals surface area contributed by atoms with E-state index in [1.165, 1.54) is 6.07 Å². The Morgan fingerprint density at radius 2 is 2.06 bits per heavy atom. The Hall–Kier alpha value is -0.600. The third-order valence-electron chi connectivity index (χ3n) is 2.52. The molecule has 0 amide bonds. The lowest BCUT2D eigenvalue weighted by Gasteiger charge is -2.26. The predicted octanol–water partition coefficient (Wildman–Crippen LogP) is 3.82. The van der Waals surface area contributed by atoms with Crippen molar-refractivity contribution in [1.29, 1.82) is 0 Å². The molecular formula is C13H18ClFO. The Balaban J connectivity index is 2.82. The number of aliphatic hydroxyl groups is 1. The number of benzene rings is 1. The van der Waals surface area contributed by atoms with Crippen molar-refractivity contribution in [3.63, 3.8) is 0 Å². The van der Waals surface area contributed by atoms with Gasteiger partial charge in [-0.05, 0) is 48.9 Å². The summed E-state index contributed by atoms with van der Waals surface area (Å²) in [5, 5.41) is 9.92. The second-order valence-electron chi connectivity index (χ2n) is 5.13. The molecule has 1 atom stereocenters. The fourth-order valence-electron chi connectivity index (χ4n) is 2.07. The van der Waals surface area contributed by atoms with Crippen LogP contribution in [0.25, 0.3) is 0 Å². The number of aliphatic hydroxyl groups excluding tert-OH is 1. The van der Waals surface area contributed by atoms with Crippen LogP contribution in [0.3, 0.4) is 0 Å². The summed E-state index contributed by atoms with van der Waals surface area (Å²) < 4.78 is 13.5. The topological polar surface area (TPSA) is 20.2 Å². The van der Waals surface area contributed by atoms with E-state index in [9.17, 15) is 9.50 Å². The maximum atomic E-state index is 13.5.